The summed E-state index contributed by atoms with van der Waals surface area (Å²) < 4.78 is 22.8. The molecule has 2 aromatic rings. The van der Waals surface area contributed by atoms with Gasteiger partial charge in [0.1, 0.15) is 12.2 Å². The van der Waals surface area contributed by atoms with E-state index in [1.807, 2.05) is 25.1 Å². The largest absolute Gasteiger partial charge is 0.493 e. The molecule has 0 atom stereocenters. The lowest BCUT2D eigenvalue weighted by molar-refractivity contribution is -0.159. The van der Waals surface area contributed by atoms with E-state index in [0.29, 0.717) is 35.8 Å². The average molecular weight is 427 g/mol. The minimum absolute atomic E-state index is 0.0937. The molecular formula is C24H29NO6. The number of rotatable bonds is 9. The lowest BCUT2D eigenvalue weighted by atomic mass is 9.95. The first-order chi connectivity index (χ1) is 14.8. The third kappa shape index (κ3) is 4.76. The summed E-state index contributed by atoms with van der Waals surface area (Å²) in [5.74, 6) is 1.06. The topological polar surface area (TPSA) is 83.1 Å². The molecule has 1 N–H and O–H groups in total. The Morgan fingerprint density at radius 2 is 1.77 bits per heavy atom. The highest BCUT2D eigenvalue weighted by atomic mass is 16.6. The first kappa shape index (κ1) is 22.5. The van der Waals surface area contributed by atoms with Crippen LogP contribution in [-0.4, -0.2) is 38.3 Å². The van der Waals surface area contributed by atoms with Crippen LogP contribution in [0.1, 0.15) is 49.5 Å². The summed E-state index contributed by atoms with van der Waals surface area (Å²) in [6.45, 7) is 6.09. The molecule has 0 bridgehead atoms. The Bertz CT molecular complexity index is 982. The van der Waals surface area contributed by atoms with Gasteiger partial charge in [-0.2, -0.15) is 0 Å². The lowest BCUT2D eigenvalue weighted by Crippen LogP contribution is -2.34. The average Bonchev–Trinajstić information content (AvgIpc) is 3.12. The molecule has 0 spiro atoms. The summed E-state index contributed by atoms with van der Waals surface area (Å²) in [4.78, 5) is 24.1. The maximum Gasteiger partial charge on any atom is 0.306 e. The molecule has 2 aromatic carbocycles. The van der Waals surface area contributed by atoms with Crippen molar-refractivity contribution >= 4 is 11.9 Å². The second-order valence-electron chi connectivity index (χ2n) is 7.96. The van der Waals surface area contributed by atoms with Gasteiger partial charge in [0.05, 0.1) is 14.2 Å². The molecule has 3 rings (SSSR count). The standard InChI is InChI=1S/C24H29NO6/c1-6-8-20(26)31-24(2,3)14-30-21-16(11-12-19(28-4)22(21)29-5)15-9-7-10-17-18(15)13-25-23(17)27/h7,9-12H,6,8,13-14H2,1-5H3,(H,25,27). The lowest BCUT2D eigenvalue weighted by Gasteiger charge is -2.27. The fourth-order valence-electron chi connectivity index (χ4n) is 3.60. The quantitative estimate of drug-likeness (QED) is 0.607. The first-order valence-corrected chi connectivity index (χ1v) is 10.3. The molecule has 1 aliphatic heterocycles. The highest BCUT2D eigenvalue weighted by Gasteiger charge is 2.28. The van der Waals surface area contributed by atoms with Gasteiger partial charge in [0.2, 0.25) is 5.75 Å². The molecular weight excluding hydrogens is 398 g/mol. The number of methoxy groups -OCH3 is 2. The second-order valence-corrected chi connectivity index (χ2v) is 7.96. The molecule has 7 nitrogen and oxygen atoms in total. The second kappa shape index (κ2) is 9.29. The fraction of sp³-hybridized carbons (Fsp3) is 0.417. The molecule has 1 heterocycles. The van der Waals surface area contributed by atoms with Crippen molar-refractivity contribution in [1.29, 1.82) is 0 Å². The number of esters is 1. The summed E-state index contributed by atoms with van der Waals surface area (Å²) >= 11 is 0. The van der Waals surface area contributed by atoms with Crippen LogP contribution < -0.4 is 19.5 Å². The van der Waals surface area contributed by atoms with E-state index in [4.69, 9.17) is 18.9 Å². The van der Waals surface area contributed by atoms with E-state index in [1.165, 1.54) is 0 Å². The van der Waals surface area contributed by atoms with Crippen molar-refractivity contribution in [3.05, 3.63) is 41.5 Å². The Morgan fingerprint density at radius 1 is 1.03 bits per heavy atom. The third-order valence-corrected chi connectivity index (χ3v) is 5.04. The number of nitrogens with one attached hydrogen (secondary N) is 1. The number of carbonyl (C=O) groups is 2. The number of fused-ring (bicyclic) bond motifs is 1. The molecule has 166 valence electrons. The Morgan fingerprint density at radius 3 is 2.45 bits per heavy atom. The zero-order valence-electron chi connectivity index (χ0n) is 18.7. The van der Waals surface area contributed by atoms with Gasteiger partial charge in [-0.3, -0.25) is 9.59 Å². The minimum Gasteiger partial charge on any atom is -0.493 e. The van der Waals surface area contributed by atoms with Crippen LogP contribution in [0.25, 0.3) is 11.1 Å². The summed E-state index contributed by atoms with van der Waals surface area (Å²) in [7, 11) is 3.10. The van der Waals surface area contributed by atoms with Crippen LogP contribution in [0.15, 0.2) is 30.3 Å². The molecule has 0 aliphatic carbocycles. The van der Waals surface area contributed by atoms with Crippen LogP contribution in [-0.2, 0) is 16.1 Å². The van der Waals surface area contributed by atoms with Crippen molar-refractivity contribution in [3.63, 3.8) is 0 Å². The molecule has 0 saturated heterocycles. The van der Waals surface area contributed by atoms with Gasteiger partial charge in [-0.25, -0.2) is 0 Å². The summed E-state index contributed by atoms with van der Waals surface area (Å²) in [5, 5.41) is 2.86. The van der Waals surface area contributed by atoms with Crippen molar-refractivity contribution in [3.8, 4) is 28.4 Å². The van der Waals surface area contributed by atoms with E-state index in [1.54, 1.807) is 40.2 Å². The Labute approximate surface area is 182 Å². The van der Waals surface area contributed by atoms with E-state index in [2.05, 4.69) is 5.32 Å². The zero-order valence-corrected chi connectivity index (χ0v) is 18.7. The SMILES string of the molecule is CCCC(=O)OC(C)(C)COc1c(-c2cccc3c2CNC3=O)ccc(OC)c1OC. The predicted molar refractivity (Wildman–Crippen MR) is 117 cm³/mol. The molecule has 0 radical (unpaired) electrons. The number of hydrogen-bond donors (Lipinski definition) is 1. The Hall–Kier alpha value is -3.22. The van der Waals surface area contributed by atoms with Crippen molar-refractivity contribution in [2.75, 3.05) is 20.8 Å². The Kier molecular flexibility index (Phi) is 6.73. The van der Waals surface area contributed by atoms with Gasteiger partial charge in [0, 0.05) is 24.1 Å². The van der Waals surface area contributed by atoms with Gasteiger partial charge >= 0.3 is 5.97 Å². The predicted octanol–water partition coefficient (Wildman–Crippen LogP) is 4.11. The number of amides is 1. The molecule has 0 aromatic heterocycles. The molecule has 1 aliphatic rings. The van der Waals surface area contributed by atoms with Crippen molar-refractivity contribution in [2.45, 2.75) is 45.8 Å². The maximum absolute atomic E-state index is 12.1. The van der Waals surface area contributed by atoms with Gasteiger partial charge in [0.15, 0.2) is 11.5 Å². The van der Waals surface area contributed by atoms with E-state index in [0.717, 1.165) is 23.1 Å². The minimum atomic E-state index is -0.840. The molecule has 0 fully saturated rings. The normalized spacial score (nSPS) is 12.7. The monoisotopic (exact) mass is 427 g/mol. The molecule has 7 heteroatoms. The van der Waals surface area contributed by atoms with Gasteiger partial charge in [-0.15, -0.1) is 0 Å². The van der Waals surface area contributed by atoms with Gasteiger partial charge in [0.25, 0.3) is 5.91 Å². The van der Waals surface area contributed by atoms with Crippen LogP contribution in [0.3, 0.4) is 0 Å². The third-order valence-electron chi connectivity index (χ3n) is 5.04. The smallest absolute Gasteiger partial charge is 0.306 e. The number of carbonyl (C=O) groups excluding carboxylic acids is 2. The van der Waals surface area contributed by atoms with Crippen molar-refractivity contribution in [1.82, 2.24) is 5.32 Å². The summed E-state index contributed by atoms with van der Waals surface area (Å²) in [6, 6.07) is 9.27. The molecule has 31 heavy (non-hydrogen) atoms. The van der Waals surface area contributed by atoms with E-state index >= 15 is 0 Å². The summed E-state index contributed by atoms with van der Waals surface area (Å²) in [5.41, 5.74) is 2.34. The van der Waals surface area contributed by atoms with E-state index in [-0.39, 0.29) is 18.5 Å². The summed E-state index contributed by atoms with van der Waals surface area (Å²) in [6.07, 6.45) is 1.07. The van der Waals surface area contributed by atoms with Crippen LogP contribution in [0.4, 0.5) is 0 Å². The van der Waals surface area contributed by atoms with Gasteiger partial charge in [-0.05, 0) is 49.6 Å². The molecule has 1 amide bonds. The van der Waals surface area contributed by atoms with Gasteiger partial charge in [-0.1, -0.05) is 19.1 Å². The van der Waals surface area contributed by atoms with E-state index < -0.39 is 5.60 Å². The van der Waals surface area contributed by atoms with Crippen LogP contribution >= 0.6 is 0 Å². The number of hydrogen-bond acceptors (Lipinski definition) is 6. The Balaban J connectivity index is 2.01. The number of ether oxygens (including phenoxy) is 4. The molecule has 0 unspecified atom stereocenters. The maximum atomic E-state index is 12.1. The van der Waals surface area contributed by atoms with Crippen LogP contribution in [0.2, 0.25) is 0 Å². The van der Waals surface area contributed by atoms with Crippen molar-refractivity contribution in [2.24, 2.45) is 0 Å². The van der Waals surface area contributed by atoms with Gasteiger partial charge < -0.3 is 24.3 Å². The van der Waals surface area contributed by atoms with Crippen molar-refractivity contribution < 1.29 is 28.5 Å². The van der Waals surface area contributed by atoms with Crippen LogP contribution in [0.5, 0.6) is 17.2 Å². The zero-order chi connectivity index (χ0) is 22.6. The first-order valence-electron chi connectivity index (χ1n) is 10.3. The highest BCUT2D eigenvalue weighted by Crippen LogP contribution is 2.46. The molecule has 0 saturated carbocycles. The highest BCUT2D eigenvalue weighted by molar-refractivity contribution is 6.01. The number of benzene rings is 2. The fourth-order valence-corrected chi connectivity index (χ4v) is 3.60. The van der Waals surface area contributed by atoms with E-state index in [9.17, 15) is 9.59 Å². The van der Waals surface area contributed by atoms with Crippen LogP contribution in [0, 0.1) is 0 Å².